The fourth-order valence-electron chi connectivity index (χ4n) is 3.22. The van der Waals surface area contributed by atoms with Crippen LogP contribution in [0.3, 0.4) is 0 Å². The van der Waals surface area contributed by atoms with Gasteiger partial charge in [-0.1, -0.05) is 0 Å². The molecule has 0 aliphatic rings. The Morgan fingerprint density at radius 3 is 2.28 bits per heavy atom. The van der Waals surface area contributed by atoms with Gasteiger partial charge in [0, 0.05) is 29.7 Å². The highest BCUT2D eigenvalue weighted by Gasteiger charge is 2.20. The third-order valence-electron chi connectivity index (χ3n) is 5.18. The van der Waals surface area contributed by atoms with Gasteiger partial charge in [0.2, 0.25) is 11.9 Å². The van der Waals surface area contributed by atoms with Crippen molar-refractivity contribution in [2.24, 2.45) is 0 Å². The molecule has 2 N–H and O–H groups in total. The molecular formula is C24H22N6O5S. The summed E-state index contributed by atoms with van der Waals surface area (Å²) in [5, 5.41) is 7.02. The number of sulfonamides is 1. The predicted octanol–water partition coefficient (Wildman–Crippen LogP) is 2.71. The molecule has 12 heteroatoms. The maximum atomic E-state index is 12.8. The molecule has 0 radical (unpaired) electrons. The summed E-state index contributed by atoms with van der Waals surface area (Å²) in [6.07, 6.45) is 2.83. The van der Waals surface area contributed by atoms with Crippen molar-refractivity contribution in [3.8, 4) is 17.0 Å². The van der Waals surface area contributed by atoms with Crippen molar-refractivity contribution in [2.45, 2.75) is 17.9 Å². The topological polar surface area (TPSA) is 145 Å². The molecule has 4 rings (SSSR count). The van der Waals surface area contributed by atoms with E-state index in [4.69, 9.17) is 4.74 Å². The first-order valence-corrected chi connectivity index (χ1v) is 12.2. The molecule has 2 aromatic heterocycles. The fraction of sp³-hybridized carbons (Fsp3) is 0.125. The van der Waals surface area contributed by atoms with E-state index in [1.165, 1.54) is 42.7 Å². The van der Waals surface area contributed by atoms with Crippen LogP contribution >= 0.6 is 0 Å². The summed E-state index contributed by atoms with van der Waals surface area (Å²) in [6.45, 7) is 1.55. The van der Waals surface area contributed by atoms with Crippen LogP contribution in [0.4, 0.5) is 11.6 Å². The van der Waals surface area contributed by atoms with E-state index in [1.54, 1.807) is 50.4 Å². The normalized spacial score (nSPS) is 11.9. The van der Waals surface area contributed by atoms with Crippen LogP contribution in [0.15, 0.2) is 88.8 Å². The van der Waals surface area contributed by atoms with Gasteiger partial charge in [-0.25, -0.2) is 27.8 Å². The molecule has 0 aliphatic heterocycles. The largest absolute Gasteiger partial charge is 0.497 e. The number of nitrogens with zero attached hydrogens (tertiary/aromatic N) is 4. The highest BCUT2D eigenvalue weighted by molar-refractivity contribution is 7.92. The molecule has 1 amide bonds. The number of ether oxygens (including phenoxy) is 1. The van der Waals surface area contributed by atoms with Crippen LogP contribution in [0, 0.1) is 0 Å². The van der Waals surface area contributed by atoms with Crippen LogP contribution in [0.25, 0.3) is 11.3 Å². The first-order valence-electron chi connectivity index (χ1n) is 10.7. The Balaban J connectivity index is 1.48. The number of carbonyl (C=O) groups excluding carboxylic acids is 1. The predicted molar refractivity (Wildman–Crippen MR) is 133 cm³/mol. The van der Waals surface area contributed by atoms with Crippen molar-refractivity contribution < 1.29 is 17.9 Å². The zero-order valence-electron chi connectivity index (χ0n) is 19.3. The van der Waals surface area contributed by atoms with E-state index < -0.39 is 27.5 Å². The molecule has 0 spiro atoms. The molecule has 0 aliphatic carbocycles. The number of methoxy groups -OCH3 is 1. The smallest absolute Gasteiger partial charge is 0.267 e. The Morgan fingerprint density at radius 2 is 1.64 bits per heavy atom. The lowest BCUT2D eigenvalue weighted by atomic mass is 10.1. The highest BCUT2D eigenvalue weighted by Crippen LogP contribution is 2.21. The van der Waals surface area contributed by atoms with Gasteiger partial charge in [-0.2, -0.15) is 5.10 Å². The average Bonchev–Trinajstić information content (AvgIpc) is 2.89. The summed E-state index contributed by atoms with van der Waals surface area (Å²) in [7, 11) is -2.34. The average molecular weight is 507 g/mol. The maximum Gasteiger partial charge on any atom is 0.267 e. The van der Waals surface area contributed by atoms with Gasteiger partial charge in [0.15, 0.2) is 0 Å². The minimum Gasteiger partial charge on any atom is -0.497 e. The number of amides is 1. The molecule has 1 atom stereocenters. The molecule has 4 aromatic rings. The van der Waals surface area contributed by atoms with Crippen molar-refractivity contribution in [1.29, 1.82) is 0 Å². The van der Waals surface area contributed by atoms with Crippen LogP contribution in [0.1, 0.15) is 13.0 Å². The number of rotatable bonds is 8. The van der Waals surface area contributed by atoms with Gasteiger partial charge in [-0.3, -0.25) is 9.59 Å². The van der Waals surface area contributed by atoms with Gasteiger partial charge in [0.1, 0.15) is 11.8 Å². The number of aromatic nitrogens is 4. The molecular weight excluding hydrogens is 484 g/mol. The fourth-order valence-corrected chi connectivity index (χ4v) is 4.18. The summed E-state index contributed by atoms with van der Waals surface area (Å²) >= 11 is 0. The van der Waals surface area contributed by atoms with Gasteiger partial charge in [-0.15, -0.1) is 0 Å². The third-order valence-corrected chi connectivity index (χ3v) is 6.52. The van der Waals surface area contributed by atoms with E-state index in [0.717, 1.165) is 10.2 Å². The van der Waals surface area contributed by atoms with Gasteiger partial charge < -0.3 is 10.1 Å². The van der Waals surface area contributed by atoms with Crippen LogP contribution in [-0.4, -0.2) is 41.2 Å². The van der Waals surface area contributed by atoms with Crippen molar-refractivity contribution in [2.75, 3.05) is 17.1 Å². The number of nitrogens with one attached hydrogen (secondary N) is 2. The molecule has 0 fully saturated rings. The van der Waals surface area contributed by atoms with E-state index in [9.17, 15) is 18.0 Å². The minimum absolute atomic E-state index is 0.0360. The lowest BCUT2D eigenvalue weighted by Gasteiger charge is -2.15. The molecule has 184 valence electrons. The number of benzene rings is 2. The molecule has 36 heavy (non-hydrogen) atoms. The summed E-state index contributed by atoms with van der Waals surface area (Å²) in [5.41, 5.74) is 1.18. The Hall–Kier alpha value is -4.58. The number of anilines is 2. The molecule has 2 aromatic carbocycles. The summed E-state index contributed by atoms with van der Waals surface area (Å²) in [4.78, 5) is 32.9. The van der Waals surface area contributed by atoms with Crippen molar-refractivity contribution in [1.82, 2.24) is 19.7 Å². The summed E-state index contributed by atoms with van der Waals surface area (Å²) in [6, 6.07) is 16.3. The monoisotopic (exact) mass is 506 g/mol. The van der Waals surface area contributed by atoms with E-state index in [0.29, 0.717) is 17.1 Å². The van der Waals surface area contributed by atoms with Gasteiger partial charge in [0.05, 0.1) is 17.7 Å². The van der Waals surface area contributed by atoms with E-state index in [-0.39, 0.29) is 10.8 Å². The molecule has 1 unspecified atom stereocenters. The van der Waals surface area contributed by atoms with Gasteiger partial charge in [-0.05, 0) is 67.6 Å². The number of carbonyl (C=O) groups is 1. The van der Waals surface area contributed by atoms with Crippen LogP contribution in [0.5, 0.6) is 5.75 Å². The quantitative estimate of drug-likeness (QED) is 0.371. The second kappa shape index (κ2) is 10.4. The van der Waals surface area contributed by atoms with E-state index in [2.05, 4.69) is 25.1 Å². The Bertz CT molecular complexity index is 1520. The lowest BCUT2D eigenvalue weighted by molar-refractivity contribution is -0.119. The van der Waals surface area contributed by atoms with Gasteiger partial charge >= 0.3 is 0 Å². The first-order chi connectivity index (χ1) is 17.3. The molecule has 11 nitrogen and oxygen atoms in total. The van der Waals surface area contributed by atoms with E-state index in [1.807, 2.05) is 0 Å². The van der Waals surface area contributed by atoms with Crippen LogP contribution in [-0.2, 0) is 14.8 Å². The van der Waals surface area contributed by atoms with E-state index >= 15 is 0 Å². The SMILES string of the molecule is COc1ccc(-c2ccc(=O)n(C(C)C(=O)Nc3ccc(S(=O)(=O)Nc4ncccn4)cc3)n2)cc1. The summed E-state index contributed by atoms with van der Waals surface area (Å²) in [5.74, 6) is 0.129. The van der Waals surface area contributed by atoms with Crippen LogP contribution < -0.4 is 20.3 Å². The second-order valence-corrected chi connectivity index (χ2v) is 9.28. The highest BCUT2D eigenvalue weighted by atomic mass is 32.2. The molecule has 2 heterocycles. The Labute approximate surface area is 206 Å². The molecule has 0 saturated carbocycles. The van der Waals surface area contributed by atoms with Crippen molar-refractivity contribution in [3.05, 3.63) is 89.5 Å². The van der Waals surface area contributed by atoms with Gasteiger partial charge in [0.25, 0.3) is 15.6 Å². The van der Waals surface area contributed by atoms with Crippen molar-refractivity contribution in [3.63, 3.8) is 0 Å². The molecule has 0 saturated heterocycles. The first kappa shape index (κ1) is 24.5. The minimum atomic E-state index is -3.91. The standard InChI is InChI=1S/C24H22N6O5S/c1-16(30-22(31)13-12-21(28-30)17-4-8-19(35-2)9-5-17)23(32)27-18-6-10-20(11-7-18)36(33,34)29-24-25-14-3-15-26-24/h3-16H,1-2H3,(H,27,32)(H,25,26,29). The number of hydrogen-bond acceptors (Lipinski definition) is 8. The zero-order chi connectivity index (χ0) is 25.7. The Kier molecular flexibility index (Phi) is 7.06. The Morgan fingerprint density at radius 1 is 0.972 bits per heavy atom. The third kappa shape index (κ3) is 5.55. The lowest BCUT2D eigenvalue weighted by Crippen LogP contribution is -2.33. The number of hydrogen-bond donors (Lipinski definition) is 2. The maximum absolute atomic E-state index is 12.8. The summed E-state index contributed by atoms with van der Waals surface area (Å²) < 4.78 is 33.6. The molecule has 0 bridgehead atoms. The van der Waals surface area contributed by atoms with Crippen molar-refractivity contribution >= 4 is 27.6 Å². The second-order valence-electron chi connectivity index (χ2n) is 7.60. The van der Waals surface area contributed by atoms with Crippen LogP contribution in [0.2, 0.25) is 0 Å². The zero-order valence-corrected chi connectivity index (χ0v) is 20.1.